The minimum atomic E-state index is 0.0750. The molecular weight excluding hydrogens is 384 g/mol. The van der Waals surface area contributed by atoms with Gasteiger partial charge in [-0.1, -0.05) is 5.21 Å². The Morgan fingerprint density at radius 2 is 1.93 bits per heavy atom. The first-order valence-electron chi connectivity index (χ1n) is 10.8. The second kappa shape index (κ2) is 8.39. The number of rotatable bonds is 7. The first kappa shape index (κ1) is 19.6. The highest BCUT2D eigenvalue weighted by molar-refractivity contribution is 5.77. The number of likely N-dealkylation sites (tertiary alicyclic amines) is 1. The lowest BCUT2D eigenvalue weighted by Crippen LogP contribution is -2.38. The molecule has 2 saturated carbocycles. The first-order chi connectivity index (χ1) is 14.7. The molecule has 1 saturated heterocycles. The van der Waals surface area contributed by atoms with E-state index in [1.807, 2.05) is 15.8 Å². The van der Waals surface area contributed by atoms with Gasteiger partial charge in [0.05, 0.1) is 18.3 Å². The van der Waals surface area contributed by atoms with Gasteiger partial charge in [0, 0.05) is 44.8 Å². The minimum Gasteiger partial charge on any atom is -0.376 e. The first-order valence-corrected chi connectivity index (χ1v) is 10.8. The van der Waals surface area contributed by atoms with E-state index < -0.39 is 0 Å². The van der Waals surface area contributed by atoms with E-state index in [0.717, 1.165) is 43.8 Å². The third-order valence-corrected chi connectivity index (χ3v) is 6.65. The number of amides is 1. The lowest BCUT2D eigenvalue weighted by atomic mass is 9.77. The van der Waals surface area contributed by atoms with Gasteiger partial charge in [0.15, 0.2) is 0 Å². The van der Waals surface area contributed by atoms with Crippen molar-refractivity contribution in [2.24, 2.45) is 17.8 Å². The van der Waals surface area contributed by atoms with Crippen LogP contribution in [0.5, 0.6) is 0 Å². The van der Waals surface area contributed by atoms with E-state index in [9.17, 15) is 4.79 Å². The highest BCUT2D eigenvalue weighted by atomic mass is 16.5. The molecule has 2 aromatic rings. The lowest BCUT2D eigenvalue weighted by molar-refractivity contribution is -0.134. The van der Waals surface area contributed by atoms with Crippen molar-refractivity contribution in [3.8, 4) is 11.3 Å². The highest BCUT2D eigenvalue weighted by Crippen LogP contribution is 2.43. The summed E-state index contributed by atoms with van der Waals surface area (Å²) < 4.78 is 13.4. The van der Waals surface area contributed by atoms with Gasteiger partial charge in [0.1, 0.15) is 18.6 Å². The summed E-state index contributed by atoms with van der Waals surface area (Å²) in [5, 5.41) is 8.79. The van der Waals surface area contributed by atoms with Gasteiger partial charge in [-0.15, -0.1) is 5.10 Å². The van der Waals surface area contributed by atoms with E-state index in [4.69, 9.17) is 9.47 Å². The van der Waals surface area contributed by atoms with Crippen LogP contribution in [0.3, 0.4) is 0 Å². The topological polar surface area (TPSA) is 95.3 Å². The third-order valence-electron chi connectivity index (χ3n) is 6.65. The Morgan fingerprint density at radius 3 is 2.67 bits per heavy atom. The number of aromatic nitrogens is 5. The average Bonchev–Trinajstić information content (AvgIpc) is 3.30. The number of hydrogen-bond acceptors (Lipinski definition) is 7. The molecule has 4 atom stereocenters. The van der Waals surface area contributed by atoms with E-state index in [0.29, 0.717) is 17.8 Å². The zero-order valence-corrected chi connectivity index (χ0v) is 17.3. The molecule has 5 rings (SSSR count). The Kier molecular flexibility index (Phi) is 5.47. The van der Waals surface area contributed by atoms with Crippen molar-refractivity contribution >= 4 is 5.91 Å². The number of carbonyl (C=O) groups excluding carboxylic acids is 1. The molecule has 2 aromatic heterocycles. The van der Waals surface area contributed by atoms with Gasteiger partial charge in [-0.3, -0.25) is 4.79 Å². The summed E-state index contributed by atoms with van der Waals surface area (Å²) in [6.45, 7) is 2.55. The molecule has 2 aliphatic carbocycles. The maximum Gasteiger partial charge on any atom is 0.248 e. The Labute approximate surface area is 175 Å². The van der Waals surface area contributed by atoms with Gasteiger partial charge in [0.2, 0.25) is 5.91 Å². The SMILES string of the molecule is COCC(=O)N1C[C@H]2C[C@@H](n3cc(-c4cncnc4)nn3)[C@H](OCC3CC3)C[C@H]2C1. The molecule has 0 spiro atoms. The second-order valence-electron chi connectivity index (χ2n) is 8.82. The number of fused-ring (bicyclic) bond motifs is 1. The van der Waals surface area contributed by atoms with Gasteiger partial charge in [-0.05, 0) is 43.4 Å². The van der Waals surface area contributed by atoms with Crippen molar-refractivity contribution in [3.05, 3.63) is 24.9 Å². The van der Waals surface area contributed by atoms with Crippen LogP contribution in [0.4, 0.5) is 0 Å². The summed E-state index contributed by atoms with van der Waals surface area (Å²) in [5.74, 6) is 1.70. The number of nitrogens with zero attached hydrogens (tertiary/aromatic N) is 6. The van der Waals surface area contributed by atoms with Crippen LogP contribution in [0.15, 0.2) is 24.9 Å². The van der Waals surface area contributed by atoms with Crippen LogP contribution in [0, 0.1) is 17.8 Å². The van der Waals surface area contributed by atoms with Crippen LogP contribution in [-0.4, -0.2) is 75.3 Å². The molecule has 3 heterocycles. The number of methoxy groups -OCH3 is 1. The van der Waals surface area contributed by atoms with E-state index in [1.165, 1.54) is 19.2 Å². The maximum absolute atomic E-state index is 12.3. The minimum absolute atomic E-state index is 0.0750. The standard InChI is InChI=1S/C21H28N6O3/c1-29-12-21(28)26-8-15-4-19(20(5-16(15)9-26)30-11-14-2-3-14)27-10-18(24-25-27)17-6-22-13-23-7-17/h6-7,10,13-16,19-20H,2-5,8-9,11-12H2,1H3/t15-,16+,19-,20-/m1/s1. The van der Waals surface area contributed by atoms with Crippen molar-refractivity contribution in [2.75, 3.05) is 33.4 Å². The van der Waals surface area contributed by atoms with Crippen LogP contribution in [0.25, 0.3) is 11.3 Å². The fourth-order valence-corrected chi connectivity index (χ4v) is 4.81. The maximum atomic E-state index is 12.3. The zero-order chi connectivity index (χ0) is 20.5. The third kappa shape index (κ3) is 4.09. The van der Waals surface area contributed by atoms with Crippen molar-refractivity contribution in [1.29, 1.82) is 0 Å². The van der Waals surface area contributed by atoms with E-state index in [1.54, 1.807) is 19.5 Å². The summed E-state index contributed by atoms with van der Waals surface area (Å²) >= 11 is 0. The summed E-state index contributed by atoms with van der Waals surface area (Å²) in [6.07, 6.45) is 11.5. The average molecular weight is 412 g/mol. The monoisotopic (exact) mass is 412 g/mol. The molecule has 160 valence electrons. The Hall–Kier alpha value is -2.39. The molecular formula is C21H28N6O3. The zero-order valence-electron chi connectivity index (χ0n) is 17.3. The van der Waals surface area contributed by atoms with Crippen LogP contribution in [-0.2, 0) is 14.3 Å². The fourth-order valence-electron chi connectivity index (χ4n) is 4.81. The van der Waals surface area contributed by atoms with Crippen LogP contribution < -0.4 is 0 Å². The van der Waals surface area contributed by atoms with Crippen LogP contribution >= 0.6 is 0 Å². The molecule has 0 aromatic carbocycles. The Morgan fingerprint density at radius 1 is 1.17 bits per heavy atom. The van der Waals surface area contributed by atoms with Crippen LogP contribution in [0.1, 0.15) is 31.7 Å². The molecule has 1 aliphatic heterocycles. The molecule has 0 unspecified atom stereocenters. The van der Waals surface area contributed by atoms with Gasteiger partial charge in [0.25, 0.3) is 0 Å². The van der Waals surface area contributed by atoms with Crippen molar-refractivity contribution in [1.82, 2.24) is 29.9 Å². The molecule has 3 aliphatic rings. The number of carbonyl (C=O) groups is 1. The molecule has 30 heavy (non-hydrogen) atoms. The Balaban J connectivity index is 1.34. The normalized spacial score (nSPS) is 28.5. The molecule has 1 amide bonds. The smallest absolute Gasteiger partial charge is 0.248 e. The van der Waals surface area contributed by atoms with Crippen LogP contribution in [0.2, 0.25) is 0 Å². The van der Waals surface area contributed by atoms with Crippen molar-refractivity contribution in [3.63, 3.8) is 0 Å². The predicted octanol–water partition coefficient (Wildman–Crippen LogP) is 1.59. The predicted molar refractivity (Wildman–Crippen MR) is 107 cm³/mol. The summed E-state index contributed by atoms with van der Waals surface area (Å²) in [7, 11) is 1.57. The number of hydrogen-bond donors (Lipinski definition) is 0. The van der Waals surface area contributed by atoms with Gasteiger partial charge in [-0.2, -0.15) is 0 Å². The van der Waals surface area contributed by atoms with Gasteiger partial charge in [-0.25, -0.2) is 14.6 Å². The molecule has 9 nitrogen and oxygen atoms in total. The van der Waals surface area contributed by atoms with Crippen molar-refractivity contribution < 1.29 is 14.3 Å². The molecule has 3 fully saturated rings. The molecule has 9 heteroatoms. The van der Waals surface area contributed by atoms with Crippen molar-refractivity contribution in [2.45, 2.75) is 37.8 Å². The van der Waals surface area contributed by atoms with Gasteiger partial charge < -0.3 is 14.4 Å². The summed E-state index contributed by atoms with van der Waals surface area (Å²) in [4.78, 5) is 22.4. The fraction of sp³-hybridized carbons (Fsp3) is 0.667. The largest absolute Gasteiger partial charge is 0.376 e. The summed E-state index contributed by atoms with van der Waals surface area (Å²) in [5.41, 5.74) is 1.62. The van der Waals surface area contributed by atoms with Gasteiger partial charge >= 0.3 is 0 Å². The number of ether oxygens (including phenoxy) is 2. The van der Waals surface area contributed by atoms with E-state index in [2.05, 4.69) is 20.3 Å². The van der Waals surface area contributed by atoms with E-state index in [-0.39, 0.29) is 24.7 Å². The molecule has 0 radical (unpaired) electrons. The molecule has 0 N–H and O–H groups in total. The second-order valence-corrected chi connectivity index (χ2v) is 8.82. The van der Waals surface area contributed by atoms with E-state index >= 15 is 0 Å². The molecule has 0 bridgehead atoms. The lowest BCUT2D eigenvalue weighted by Gasteiger charge is -2.37. The highest BCUT2D eigenvalue weighted by Gasteiger charge is 2.45. The Bertz CT molecular complexity index is 871. The summed E-state index contributed by atoms with van der Waals surface area (Å²) in [6, 6.07) is 0.119. The quantitative estimate of drug-likeness (QED) is 0.681.